The highest BCUT2D eigenvalue weighted by atomic mass is 79.9. The molecule has 0 bridgehead atoms. The molecule has 0 spiro atoms. The van der Waals surface area contributed by atoms with Crippen LogP contribution in [0.2, 0.25) is 0 Å². The van der Waals surface area contributed by atoms with Crippen LogP contribution in [0.3, 0.4) is 0 Å². The topological polar surface area (TPSA) is 59.3 Å². The maximum atomic E-state index is 8.87. The second-order valence-corrected chi connectivity index (χ2v) is 6.01. The molecule has 0 unspecified atom stereocenters. The second kappa shape index (κ2) is 6.60. The third-order valence-electron chi connectivity index (χ3n) is 3.49. The van der Waals surface area contributed by atoms with Gasteiger partial charge in [-0.3, -0.25) is 4.68 Å². The monoisotopic (exact) mass is 351 g/mol. The molecule has 0 atom stereocenters. The van der Waals surface area contributed by atoms with Gasteiger partial charge in [0.15, 0.2) is 0 Å². The molecule has 1 aromatic carbocycles. The van der Waals surface area contributed by atoms with Crippen LogP contribution in [0.5, 0.6) is 5.75 Å². The van der Waals surface area contributed by atoms with E-state index in [1.165, 1.54) is 11.1 Å². The lowest BCUT2D eigenvalue weighted by Crippen LogP contribution is -2.13. The SMILES string of the molecule is OCCn1cc(CNCc2cc(Br)cc3c2OCC3)cn1. The Morgan fingerprint density at radius 3 is 3.14 bits per heavy atom. The number of aromatic nitrogens is 2. The number of aliphatic hydroxyl groups excluding tert-OH is 1. The second-order valence-electron chi connectivity index (χ2n) is 5.09. The van der Waals surface area contributed by atoms with Crippen LogP contribution in [0.1, 0.15) is 16.7 Å². The fourth-order valence-corrected chi connectivity index (χ4v) is 3.09. The summed E-state index contributed by atoms with van der Waals surface area (Å²) in [5.74, 6) is 1.03. The normalized spacial score (nSPS) is 13.2. The van der Waals surface area contributed by atoms with E-state index < -0.39 is 0 Å². The third-order valence-corrected chi connectivity index (χ3v) is 3.94. The lowest BCUT2D eigenvalue weighted by atomic mass is 10.1. The minimum absolute atomic E-state index is 0.107. The van der Waals surface area contributed by atoms with Gasteiger partial charge in [-0.05, 0) is 17.7 Å². The molecule has 0 saturated carbocycles. The maximum absolute atomic E-state index is 8.87. The lowest BCUT2D eigenvalue weighted by molar-refractivity contribution is 0.269. The van der Waals surface area contributed by atoms with Gasteiger partial charge in [0, 0.05) is 41.3 Å². The van der Waals surface area contributed by atoms with Gasteiger partial charge in [-0.2, -0.15) is 5.10 Å². The zero-order valence-corrected chi connectivity index (χ0v) is 13.3. The van der Waals surface area contributed by atoms with Crippen molar-refractivity contribution in [3.8, 4) is 5.75 Å². The molecule has 0 saturated heterocycles. The van der Waals surface area contributed by atoms with E-state index in [-0.39, 0.29) is 6.61 Å². The lowest BCUT2D eigenvalue weighted by Gasteiger charge is -2.09. The van der Waals surface area contributed by atoms with Gasteiger partial charge < -0.3 is 15.2 Å². The highest BCUT2D eigenvalue weighted by Crippen LogP contribution is 2.32. The first-order valence-electron chi connectivity index (χ1n) is 7.03. The number of ether oxygens (including phenoxy) is 1. The Balaban J connectivity index is 1.60. The van der Waals surface area contributed by atoms with E-state index in [1.54, 1.807) is 4.68 Å². The van der Waals surface area contributed by atoms with Gasteiger partial charge in [-0.15, -0.1) is 0 Å². The van der Waals surface area contributed by atoms with E-state index in [9.17, 15) is 0 Å². The average Bonchev–Trinajstić information content (AvgIpc) is 3.08. The number of hydrogen-bond donors (Lipinski definition) is 2. The number of rotatable bonds is 6. The number of halogens is 1. The van der Waals surface area contributed by atoms with Crippen molar-refractivity contribution in [3.63, 3.8) is 0 Å². The smallest absolute Gasteiger partial charge is 0.127 e. The molecule has 3 rings (SSSR count). The molecular formula is C15H18BrN3O2. The Bertz CT molecular complexity index is 627. The predicted molar refractivity (Wildman–Crippen MR) is 83.2 cm³/mol. The summed E-state index contributed by atoms with van der Waals surface area (Å²) >= 11 is 3.55. The molecule has 2 heterocycles. The average molecular weight is 352 g/mol. The number of aliphatic hydroxyl groups is 1. The van der Waals surface area contributed by atoms with E-state index in [0.717, 1.165) is 41.9 Å². The molecule has 0 fully saturated rings. The van der Waals surface area contributed by atoms with Crippen molar-refractivity contribution >= 4 is 15.9 Å². The molecule has 1 aliphatic heterocycles. The van der Waals surface area contributed by atoms with Gasteiger partial charge in [0.05, 0.1) is 26.0 Å². The van der Waals surface area contributed by atoms with Crippen molar-refractivity contribution in [2.45, 2.75) is 26.1 Å². The third kappa shape index (κ3) is 3.45. The summed E-state index contributed by atoms with van der Waals surface area (Å²) in [4.78, 5) is 0. The Morgan fingerprint density at radius 1 is 1.38 bits per heavy atom. The summed E-state index contributed by atoms with van der Waals surface area (Å²) in [6, 6.07) is 4.23. The summed E-state index contributed by atoms with van der Waals surface area (Å²) in [5, 5.41) is 16.5. The van der Waals surface area contributed by atoms with Crippen LogP contribution in [0.4, 0.5) is 0 Å². The number of fused-ring (bicyclic) bond motifs is 1. The van der Waals surface area contributed by atoms with Crippen molar-refractivity contribution in [1.82, 2.24) is 15.1 Å². The van der Waals surface area contributed by atoms with Crippen LogP contribution in [-0.4, -0.2) is 28.1 Å². The molecule has 1 aromatic heterocycles. The Hall–Kier alpha value is -1.37. The summed E-state index contributed by atoms with van der Waals surface area (Å²) in [5.41, 5.74) is 3.56. The molecule has 5 nitrogen and oxygen atoms in total. The minimum Gasteiger partial charge on any atom is -0.493 e. The van der Waals surface area contributed by atoms with Gasteiger partial charge in [0.2, 0.25) is 0 Å². The van der Waals surface area contributed by atoms with E-state index in [1.807, 2.05) is 12.4 Å². The molecule has 112 valence electrons. The quantitative estimate of drug-likeness (QED) is 0.833. The van der Waals surface area contributed by atoms with Crippen LogP contribution in [0, 0.1) is 0 Å². The maximum Gasteiger partial charge on any atom is 0.127 e. The van der Waals surface area contributed by atoms with Crippen LogP contribution < -0.4 is 10.1 Å². The van der Waals surface area contributed by atoms with Gasteiger partial charge in [-0.1, -0.05) is 15.9 Å². The van der Waals surface area contributed by atoms with Crippen molar-refractivity contribution in [1.29, 1.82) is 0 Å². The number of nitrogens with zero attached hydrogens (tertiary/aromatic N) is 2. The molecule has 2 N–H and O–H groups in total. The molecule has 21 heavy (non-hydrogen) atoms. The molecule has 1 aliphatic rings. The van der Waals surface area contributed by atoms with Gasteiger partial charge in [-0.25, -0.2) is 0 Å². The fraction of sp³-hybridized carbons (Fsp3) is 0.400. The molecular weight excluding hydrogens is 334 g/mol. The number of nitrogens with one attached hydrogen (secondary N) is 1. The van der Waals surface area contributed by atoms with Crippen molar-refractivity contribution in [3.05, 3.63) is 45.7 Å². The van der Waals surface area contributed by atoms with Gasteiger partial charge in [0.25, 0.3) is 0 Å². The first-order valence-corrected chi connectivity index (χ1v) is 7.82. The molecule has 2 aromatic rings. The summed E-state index contributed by atoms with van der Waals surface area (Å²) in [6.07, 6.45) is 4.76. The summed E-state index contributed by atoms with van der Waals surface area (Å²) < 4.78 is 8.56. The van der Waals surface area contributed by atoms with E-state index >= 15 is 0 Å². The first-order chi connectivity index (χ1) is 10.3. The highest BCUT2D eigenvalue weighted by Gasteiger charge is 2.17. The zero-order chi connectivity index (χ0) is 14.7. The molecule has 0 amide bonds. The fourth-order valence-electron chi connectivity index (χ4n) is 2.54. The highest BCUT2D eigenvalue weighted by molar-refractivity contribution is 9.10. The van der Waals surface area contributed by atoms with Crippen molar-refractivity contribution in [2.24, 2.45) is 0 Å². The Labute approximate surface area is 132 Å². The van der Waals surface area contributed by atoms with E-state index in [4.69, 9.17) is 9.84 Å². The van der Waals surface area contributed by atoms with Crippen molar-refractivity contribution in [2.75, 3.05) is 13.2 Å². The number of benzene rings is 1. The van der Waals surface area contributed by atoms with E-state index in [0.29, 0.717) is 6.54 Å². The summed E-state index contributed by atoms with van der Waals surface area (Å²) in [7, 11) is 0. The molecule has 0 radical (unpaired) electrons. The van der Waals surface area contributed by atoms with E-state index in [2.05, 4.69) is 38.5 Å². The van der Waals surface area contributed by atoms with Crippen LogP contribution in [-0.2, 0) is 26.1 Å². The largest absolute Gasteiger partial charge is 0.493 e. The van der Waals surface area contributed by atoms with Crippen molar-refractivity contribution < 1.29 is 9.84 Å². The molecule has 0 aliphatic carbocycles. The van der Waals surface area contributed by atoms with Crippen LogP contribution in [0.15, 0.2) is 29.0 Å². The van der Waals surface area contributed by atoms with Gasteiger partial charge >= 0.3 is 0 Å². The van der Waals surface area contributed by atoms with Crippen LogP contribution >= 0.6 is 15.9 Å². The minimum atomic E-state index is 0.107. The molecule has 6 heteroatoms. The zero-order valence-electron chi connectivity index (χ0n) is 11.7. The predicted octanol–water partition coefficient (Wildman–Crippen LogP) is 1.86. The Morgan fingerprint density at radius 2 is 2.29 bits per heavy atom. The standard InChI is InChI=1S/C15H18BrN3O2/c16-14-5-12-1-4-21-15(12)13(6-14)9-17-7-11-8-18-19(10-11)2-3-20/h5-6,8,10,17,20H,1-4,7,9H2. The summed E-state index contributed by atoms with van der Waals surface area (Å²) in [6.45, 7) is 2.91. The first kappa shape index (κ1) is 14.6. The number of hydrogen-bond acceptors (Lipinski definition) is 4. The van der Waals surface area contributed by atoms with Crippen LogP contribution in [0.25, 0.3) is 0 Å². The van der Waals surface area contributed by atoms with Gasteiger partial charge in [0.1, 0.15) is 5.75 Å². The Kier molecular flexibility index (Phi) is 4.57.